The highest BCUT2D eigenvalue weighted by Gasteiger charge is 2.19. The molecule has 3 rings (SSSR count). The third-order valence-electron chi connectivity index (χ3n) is 3.31. The lowest BCUT2D eigenvalue weighted by atomic mass is 10.0. The largest absolute Gasteiger partial charge is 0.383 e. The second kappa shape index (κ2) is 6.00. The van der Waals surface area contributed by atoms with Crippen molar-refractivity contribution in [3.63, 3.8) is 0 Å². The molecule has 0 atom stereocenters. The molecule has 0 aliphatic rings. The van der Waals surface area contributed by atoms with Crippen LogP contribution in [0.15, 0.2) is 54.9 Å². The number of rotatable bonds is 4. The van der Waals surface area contributed by atoms with Crippen LogP contribution in [0.1, 0.15) is 10.4 Å². The minimum Gasteiger partial charge on any atom is -0.383 e. The van der Waals surface area contributed by atoms with Gasteiger partial charge in [-0.2, -0.15) is 9.73 Å². The molecule has 1 aromatic carbocycles. The Labute approximate surface area is 132 Å². The molecule has 0 aliphatic heterocycles. The highest BCUT2D eigenvalue weighted by Crippen LogP contribution is 2.26. The molecule has 0 fully saturated rings. The van der Waals surface area contributed by atoms with Gasteiger partial charge in [0.2, 0.25) is 0 Å². The molecule has 0 spiro atoms. The second-order valence-corrected chi connectivity index (χ2v) is 5.27. The van der Waals surface area contributed by atoms with Crippen molar-refractivity contribution in [2.75, 3.05) is 14.1 Å². The van der Waals surface area contributed by atoms with Gasteiger partial charge in [-0.15, -0.1) is 5.10 Å². The lowest BCUT2D eigenvalue weighted by Crippen LogP contribution is -2.04. The summed E-state index contributed by atoms with van der Waals surface area (Å²) in [5, 5.41) is 8.50. The van der Waals surface area contributed by atoms with Gasteiger partial charge in [-0.3, -0.25) is 4.79 Å². The van der Waals surface area contributed by atoms with Crippen LogP contribution in [-0.4, -0.2) is 39.6 Å². The summed E-state index contributed by atoms with van der Waals surface area (Å²) in [6, 6.07) is 9.42. The number of allylic oxidation sites excluding steroid dienone is 1. The summed E-state index contributed by atoms with van der Waals surface area (Å²) in [6.07, 6.45) is 4.76. The first-order valence-corrected chi connectivity index (χ1v) is 7.05. The molecule has 0 saturated heterocycles. The van der Waals surface area contributed by atoms with Crippen molar-refractivity contribution >= 4 is 11.3 Å². The Morgan fingerprint density at radius 3 is 2.65 bits per heavy atom. The van der Waals surface area contributed by atoms with Crippen molar-refractivity contribution in [2.45, 2.75) is 0 Å². The van der Waals surface area contributed by atoms with Gasteiger partial charge in [0, 0.05) is 38.1 Å². The first kappa shape index (κ1) is 14.9. The monoisotopic (exact) mass is 310 g/mol. The molecule has 6 heteroatoms. The number of hydrogen-bond donors (Lipinski definition) is 0. The first-order chi connectivity index (χ1) is 11.1. The summed E-state index contributed by atoms with van der Waals surface area (Å²) >= 11 is 0. The van der Waals surface area contributed by atoms with E-state index in [4.69, 9.17) is 0 Å². The summed E-state index contributed by atoms with van der Waals surface area (Å²) in [6.45, 7) is 0. The van der Waals surface area contributed by atoms with E-state index in [-0.39, 0.29) is 11.6 Å². The zero-order chi connectivity index (χ0) is 16.4. The minimum atomic E-state index is -0.337. The Hall–Kier alpha value is -3.02. The average molecular weight is 310 g/mol. The Bertz CT molecular complexity index is 881. The van der Waals surface area contributed by atoms with E-state index in [1.807, 2.05) is 14.1 Å². The number of hydrogen-bond acceptors (Lipinski definition) is 4. The summed E-state index contributed by atoms with van der Waals surface area (Å²) in [7, 11) is 3.67. The molecular weight excluding hydrogens is 295 g/mol. The van der Waals surface area contributed by atoms with E-state index < -0.39 is 0 Å². The van der Waals surface area contributed by atoms with Crippen LogP contribution in [0.2, 0.25) is 0 Å². The average Bonchev–Trinajstić information content (AvgIpc) is 2.92. The standard InChI is InChI=1S/C17H15FN4O/c1-21(2)11-9-15(23)16-14-4-3-10-19-22(14)20-17(16)12-5-7-13(18)8-6-12/h3-11H,1-2H3. The van der Waals surface area contributed by atoms with Crippen LogP contribution in [0, 0.1) is 5.82 Å². The predicted molar refractivity (Wildman–Crippen MR) is 85.5 cm³/mol. The maximum absolute atomic E-state index is 13.2. The van der Waals surface area contributed by atoms with Crippen LogP contribution >= 0.6 is 0 Å². The molecule has 0 bridgehead atoms. The van der Waals surface area contributed by atoms with Gasteiger partial charge in [0.15, 0.2) is 5.78 Å². The Kier molecular flexibility index (Phi) is 3.89. The third kappa shape index (κ3) is 2.96. The molecule has 0 aliphatic carbocycles. The molecule has 0 amide bonds. The van der Waals surface area contributed by atoms with Gasteiger partial charge in [0.1, 0.15) is 11.5 Å². The van der Waals surface area contributed by atoms with Crippen molar-refractivity contribution in [3.8, 4) is 11.3 Å². The molecule has 3 aromatic rings. The lowest BCUT2D eigenvalue weighted by Gasteiger charge is -2.03. The van der Waals surface area contributed by atoms with E-state index in [2.05, 4.69) is 10.2 Å². The number of benzene rings is 1. The van der Waals surface area contributed by atoms with Crippen molar-refractivity contribution < 1.29 is 9.18 Å². The number of carbonyl (C=O) groups excluding carboxylic acids is 1. The Morgan fingerprint density at radius 2 is 1.96 bits per heavy atom. The lowest BCUT2D eigenvalue weighted by molar-refractivity contribution is 0.104. The van der Waals surface area contributed by atoms with Gasteiger partial charge in [0.25, 0.3) is 0 Å². The van der Waals surface area contributed by atoms with E-state index in [1.54, 1.807) is 41.6 Å². The fourth-order valence-corrected chi connectivity index (χ4v) is 2.25. The summed E-state index contributed by atoms with van der Waals surface area (Å²) in [5.74, 6) is -0.517. The zero-order valence-electron chi connectivity index (χ0n) is 12.8. The summed E-state index contributed by atoms with van der Waals surface area (Å²) in [5.41, 5.74) is 2.21. The van der Waals surface area contributed by atoms with E-state index in [1.165, 1.54) is 22.8 Å². The molecule has 2 heterocycles. The molecule has 0 radical (unpaired) electrons. The summed E-state index contributed by atoms with van der Waals surface area (Å²) < 4.78 is 14.6. The van der Waals surface area contributed by atoms with Gasteiger partial charge >= 0.3 is 0 Å². The molecule has 0 unspecified atom stereocenters. The van der Waals surface area contributed by atoms with Crippen molar-refractivity contribution in [1.82, 2.24) is 19.7 Å². The third-order valence-corrected chi connectivity index (χ3v) is 3.31. The zero-order valence-corrected chi connectivity index (χ0v) is 12.8. The molecular formula is C17H15FN4O. The molecule has 116 valence electrons. The van der Waals surface area contributed by atoms with Gasteiger partial charge in [-0.05, 0) is 36.4 Å². The topological polar surface area (TPSA) is 50.5 Å². The van der Waals surface area contributed by atoms with Crippen LogP contribution in [-0.2, 0) is 0 Å². The molecule has 2 aromatic heterocycles. The Morgan fingerprint density at radius 1 is 1.22 bits per heavy atom. The normalized spacial score (nSPS) is 11.3. The molecule has 0 N–H and O–H groups in total. The number of aromatic nitrogens is 3. The predicted octanol–water partition coefficient (Wildman–Crippen LogP) is 2.79. The van der Waals surface area contributed by atoms with Crippen LogP contribution in [0.4, 0.5) is 4.39 Å². The fourth-order valence-electron chi connectivity index (χ4n) is 2.25. The van der Waals surface area contributed by atoms with Gasteiger partial charge in [-0.1, -0.05) is 0 Å². The quantitative estimate of drug-likeness (QED) is 0.549. The van der Waals surface area contributed by atoms with Gasteiger partial charge < -0.3 is 4.90 Å². The smallest absolute Gasteiger partial charge is 0.191 e. The minimum absolute atomic E-state index is 0.180. The number of carbonyl (C=O) groups is 1. The van der Waals surface area contributed by atoms with Crippen LogP contribution in [0.3, 0.4) is 0 Å². The van der Waals surface area contributed by atoms with E-state index in [0.717, 1.165) is 0 Å². The van der Waals surface area contributed by atoms with Gasteiger partial charge in [0.05, 0.1) is 11.1 Å². The number of halogens is 1. The molecule has 23 heavy (non-hydrogen) atoms. The number of fused-ring (bicyclic) bond motifs is 1. The molecule has 5 nitrogen and oxygen atoms in total. The highest BCUT2D eigenvalue weighted by molar-refractivity contribution is 6.13. The van der Waals surface area contributed by atoms with E-state index in [9.17, 15) is 9.18 Å². The van der Waals surface area contributed by atoms with Gasteiger partial charge in [-0.25, -0.2) is 4.39 Å². The maximum atomic E-state index is 13.2. The fraction of sp³-hybridized carbons (Fsp3) is 0.118. The van der Waals surface area contributed by atoms with Crippen molar-refractivity contribution in [1.29, 1.82) is 0 Å². The van der Waals surface area contributed by atoms with Crippen LogP contribution in [0.25, 0.3) is 16.8 Å². The van der Waals surface area contributed by atoms with Crippen molar-refractivity contribution in [2.24, 2.45) is 0 Å². The van der Waals surface area contributed by atoms with Crippen molar-refractivity contribution in [3.05, 3.63) is 66.3 Å². The van der Waals surface area contributed by atoms with E-state index in [0.29, 0.717) is 22.3 Å². The number of nitrogens with zero attached hydrogens (tertiary/aromatic N) is 4. The molecule has 0 saturated carbocycles. The number of ketones is 1. The highest BCUT2D eigenvalue weighted by atomic mass is 19.1. The van der Waals surface area contributed by atoms with Crippen LogP contribution < -0.4 is 0 Å². The van der Waals surface area contributed by atoms with Crippen LogP contribution in [0.5, 0.6) is 0 Å². The van der Waals surface area contributed by atoms with E-state index >= 15 is 0 Å². The summed E-state index contributed by atoms with van der Waals surface area (Å²) in [4.78, 5) is 14.4. The Balaban J connectivity index is 2.19. The maximum Gasteiger partial charge on any atom is 0.191 e. The SMILES string of the molecule is CN(C)C=CC(=O)c1c(-c2ccc(F)cc2)nn2ncccc12. The second-order valence-electron chi connectivity index (χ2n) is 5.27. The first-order valence-electron chi connectivity index (χ1n) is 7.05.